The van der Waals surface area contributed by atoms with Gasteiger partial charge in [-0.05, 0) is 12.1 Å². The minimum absolute atomic E-state index is 0.0208. The fraction of sp³-hybridized carbons (Fsp3) is 0.421. The van der Waals surface area contributed by atoms with Crippen LogP contribution in [-0.2, 0) is 23.2 Å². The smallest absolute Gasteiger partial charge is 0.251 e. The van der Waals surface area contributed by atoms with Crippen LogP contribution in [0.1, 0.15) is 48.5 Å². The first-order valence-corrected chi connectivity index (χ1v) is 8.44. The lowest BCUT2D eigenvalue weighted by atomic mass is 9.97. The molecule has 0 spiro atoms. The van der Waals surface area contributed by atoms with Crippen molar-refractivity contribution in [1.29, 1.82) is 0 Å². The van der Waals surface area contributed by atoms with E-state index in [-0.39, 0.29) is 23.8 Å². The Kier molecular flexibility index (Phi) is 4.61. The van der Waals surface area contributed by atoms with Crippen molar-refractivity contribution in [2.24, 2.45) is 0 Å². The van der Waals surface area contributed by atoms with Gasteiger partial charge in [0.1, 0.15) is 11.5 Å². The molecule has 0 fully saturated rings. The Morgan fingerprint density at radius 2 is 1.96 bits per heavy atom. The summed E-state index contributed by atoms with van der Waals surface area (Å²) >= 11 is 0. The Hall–Kier alpha value is -2.63. The minimum atomic E-state index is -0.247. The van der Waals surface area contributed by atoms with Crippen molar-refractivity contribution in [2.75, 3.05) is 13.1 Å². The number of benzene rings is 1. The lowest BCUT2D eigenvalue weighted by molar-refractivity contribution is -0.131. The van der Waals surface area contributed by atoms with Crippen molar-refractivity contribution in [3.63, 3.8) is 0 Å². The van der Waals surface area contributed by atoms with Crippen LogP contribution in [0.4, 0.5) is 0 Å². The summed E-state index contributed by atoms with van der Waals surface area (Å²) in [5.74, 6) is 1.20. The summed E-state index contributed by atoms with van der Waals surface area (Å²) in [6, 6.07) is 8.87. The van der Waals surface area contributed by atoms with E-state index >= 15 is 0 Å². The quantitative estimate of drug-likeness (QED) is 0.929. The van der Waals surface area contributed by atoms with E-state index in [1.165, 1.54) is 0 Å². The predicted molar refractivity (Wildman–Crippen MR) is 93.1 cm³/mol. The van der Waals surface area contributed by atoms with Crippen LogP contribution in [0.5, 0.6) is 0 Å². The number of aromatic nitrogens is 1. The van der Waals surface area contributed by atoms with E-state index in [0.717, 1.165) is 11.5 Å². The number of hydrogen-bond acceptors (Lipinski definition) is 4. The van der Waals surface area contributed by atoms with Crippen LogP contribution in [0.2, 0.25) is 0 Å². The highest BCUT2D eigenvalue weighted by atomic mass is 16.4. The average Bonchev–Trinajstić information content (AvgIpc) is 3.03. The van der Waals surface area contributed by atoms with Crippen LogP contribution in [-0.4, -0.2) is 34.8 Å². The van der Waals surface area contributed by atoms with Gasteiger partial charge in [0.15, 0.2) is 5.89 Å². The number of amides is 2. The Balaban J connectivity index is 1.59. The van der Waals surface area contributed by atoms with Gasteiger partial charge in [-0.1, -0.05) is 39.0 Å². The molecule has 0 unspecified atom stereocenters. The first kappa shape index (κ1) is 17.2. The van der Waals surface area contributed by atoms with Crippen molar-refractivity contribution in [1.82, 2.24) is 15.2 Å². The zero-order valence-electron chi connectivity index (χ0n) is 14.8. The van der Waals surface area contributed by atoms with Gasteiger partial charge in [-0.15, -0.1) is 0 Å². The van der Waals surface area contributed by atoms with E-state index in [9.17, 15) is 9.59 Å². The van der Waals surface area contributed by atoms with E-state index < -0.39 is 0 Å². The monoisotopic (exact) mass is 341 g/mol. The fourth-order valence-electron chi connectivity index (χ4n) is 2.69. The number of nitrogens with one attached hydrogen (secondary N) is 1. The summed E-state index contributed by atoms with van der Waals surface area (Å²) < 4.78 is 5.84. The van der Waals surface area contributed by atoms with E-state index in [1.807, 2.05) is 26.8 Å². The molecule has 1 aromatic carbocycles. The molecule has 25 heavy (non-hydrogen) atoms. The molecule has 2 heterocycles. The molecule has 0 saturated carbocycles. The first-order chi connectivity index (χ1) is 11.8. The molecule has 6 heteroatoms. The normalized spacial score (nSPS) is 14.1. The molecule has 1 aliphatic heterocycles. The molecule has 0 atom stereocenters. The van der Waals surface area contributed by atoms with Gasteiger partial charge in [0.25, 0.3) is 5.91 Å². The van der Waals surface area contributed by atoms with Crippen LogP contribution in [0.15, 0.2) is 34.7 Å². The Morgan fingerprint density at radius 1 is 1.24 bits per heavy atom. The lowest BCUT2D eigenvalue weighted by Crippen LogP contribution is -2.42. The number of hydrogen-bond donors (Lipinski definition) is 1. The lowest BCUT2D eigenvalue weighted by Gasteiger charge is -2.25. The zero-order chi connectivity index (χ0) is 18.0. The van der Waals surface area contributed by atoms with Crippen molar-refractivity contribution in [3.05, 3.63) is 53.2 Å². The van der Waals surface area contributed by atoms with E-state index in [0.29, 0.717) is 31.0 Å². The maximum Gasteiger partial charge on any atom is 0.251 e. The van der Waals surface area contributed by atoms with Gasteiger partial charge in [-0.3, -0.25) is 9.59 Å². The molecule has 2 aromatic rings. The van der Waals surface area contributed by atoms with Crippen LogP contribution < -0.4 is 5.32 Å². The molecule has 0 aliphatic carbocycles. The number of rotatable bonds is 3. The van der Waals surface area contributed by atoms with E-state index in [1.54, 1.807) is 29.2 Å². The van der Waals surface area contributed by atoms with Gasteiger partial charge >= 0.3 is 0 Å². The van der Waals surface area contributed by atoms with Crippen LogP contribution in [0, 0.1) is 0 Å². The van der Waals surface area contributed by atoms with Gasteiger partial charge in [-0.25, -0.2) is 4.98 Å². The van der Waals surface area contributed by atoms with Gasteiger partial charge < -0.3 is 14.6 Å². The number of carbonyl (C=O) groups is 2. The molecule has 6 nitrogen and oxygen atoms in total. The second-order valence-electron chi connectivity index (χ2n) is 7.25. The van der Waals surface area contributed by atoms with Crippen LogP contribution >= 0.6 is 0 Å². The van der Waals surface area contributed by atoms with Crippen molar-refractivity contribution < 1.29 is 14.0 Å². The van der Waals surface area contributed by atoms with E-state index in [4.69, 9.17) is 4.42 Å². The number of nitrogens with zero attached hydrogens (tertiary/aromatic N) is 2. The third-order valence-corrected chi connectivity index (χ3v) is 4.16. The molecule has 2 amide bonds. The van der Waals surface area contributed by atoms with E-state index in [2.05, 4.69) is 10.3 Å². The third-order valence-electron chi connectivity index (χ3n) is 4.16. The van der Waals surface area contributed by atoms with Crippen molar-refractivity contribution in [3.8, 4) is 0 Å². The van der Waals surface area contributed by atoms with Gasteiger partial charge in [-0.2, -0.15) is 0 Å². The predicted octanol–water partition coefficient (Wildman–Crippen LogP) is 2.29. The fourth-order valence-corrected chi connectivity index (χ4v) is 2.69. The maximum absolute atomic E-state index is 12.4. The molecule has 3 rings (SSSR count). The summed E-state index contributed by atoms with van der Waals surface area (Å²) in [4.78, 5) is 30.7. The molecule has 1 aliphatic rings. The molecule has 0 bridgehead atoms. The summed E-state index contributed by atoms with van der Waals surface area (Å²) in [5, 5.41) is 2.68. The topological polar surface area (TPSA) is 75.4 Å². The summed E-state index contributed by atoms with van der Waals surface area (Å²) in [6.45, 7) is 7.12. The van der Waals surface area contributed by atoms with Crippen LogP contribution in [0.3, 0.4) is 0 Å². The summed E-state index contributed by atoms with van der Waals surface area (Å²) in [7, 11) is 0. The molecule has 0 saturated heterocycles. The number of oxazole rings is 1. The number of fused-ring (bicyclic) bond motifs is 1. The second kappa shape index (κ2) is 6.70. The maximum atomic E-state index is 12.4. The largest absolute Gasteiger partial charge is 0.445 e. The average molecular weight is 341 g/mol. The van der Waals surface area contributed by atoms with Gasteiger partial charge in [0.2, 0.25) is 5.91 Å². The molecular weight excluding hydrogens is 318 g/mol. The van der Waals surface area contributed by atoms with Crippen molar-refractivity contribution >= 4 is 11.8 Å². The minimum Gasteiger partial charge on any atom is -0.445 e. The highest BCUT2D eigenvalue weighted by molar-refractivity contribution is 5.96. The Bertz CT molecular complexity index is 775. The van der Waals surface area contributed by atoms with Gasteiger partial charge in [0.05, 0.1) is 13.1 Å². The molecular formula is C19H23N3O3. The van der Waals surface area contributed by atoms with Gasteiger partial charge in [0, 0.05) is 23.9 Å². The molecule has 0 radical (unpaired) electrons. The zero-order valence-corrected chi connectivity index (χ0v) is 14.8. The van der Waals surface area contributed by atoms with Crippen LogP contribution in [0.25, 0.3) is 0 Å². The molecule has 1 aromatic heterocycles. The molecule has 1 N–H and O–H groups in total. The highest BCUT2D eigenvalue weighted by Crippen LogP contribution is 2.27. The summed E-state index contributed by atoms with van der Waals surface area (Å²) in [5.41, 5.74) is 1.21. The molecule has 132 valence electrons. The number of carbonyl (C=O) groups excluding carboxylic acids is 2. The Labute approximate surface area is 147 Å². The summed E-state index contributed by atoms with van der Waals surface area (Å²) in [6.07, 6.45) is 0.650. The Morgan fingerprint density at radius 3 is 2.64 bits per heavy atom. The highest BCUT2D eigenvalue weighted by Gasteiger charge is 2.29. The second-order valence-corrected chi connectivity index (χ2v) is 7.25. The first-order valence-electron chi connectivity index (χ1n) is 8.44. The standard InChI is InChI=1S/C19H23N3O3/c1-19(2,3)18-21-14-12-22(10-9-15(14)25-18)16(23)11-20-17(24)13-7-5-4-6-8-13/h4-8H,9-12H2,1-3H3,(H,20,24). The SMILES string of the molecule is CC(C)(C)c1nc2c(o1)CCN(C(=O)CNC(=O)c1ccccc1)C2. The third kappa shape index (κ3) is 3.90. The van der Waals surface area contributed by atoms with Crippen molar-refractivity contribution in [2.45, 2.75) is 39.2 Å².